The van der Waals surface area contributed by atoms with E-state index >= 15 is 0 Å². The lowest BCUT2D eigenvalue weighted by molar-refractivity contribution is 0.171. The third-order valence-corrected chi connectivity index (χ3v) is 1.39. The summed E-state index contributed by atoms with van der Waals surface area (Å²) in [6.07, 6.45) is 3.73. The Morgan fingerprint density at radius 3 is 3.56 bits per heavy atom. The molecular formula is C6H7N2O. The Morgan fingerprint density at radius 2 is 2.67 bits per heavy atom. The lowest BCUT2D eigenvalue weighted by atomic mass is 10.5. The van der Waals surface area contributed by atoms with E-state index in [1.807, 2.05) is 6.20 Å². The van der Waals surface area contributed by atoms with Gasteiger partial charge in [0.05, 0.1) is 6.61 Å². The van der Waals surface area contributed by atoms with Crippen molar-refractivity contribution >= 4 is 0 Å². The quantitative estimate of drug-likeness (QED) is 0.500. The van der Waals surface area contributed by atoms with Gasteiger partial charge in [0.1, 0.15) is 12.4 Å². The molecule has 0 N–H and O–H groups in total. The van der Waals surface area contributed by atoms with Crippen molar-refractivity contribution in [1.29, 1.82) is 0 Å². The Balaban J connectivity index is 2.39. The fourth-order valence-corrected chi connectivity index (χ4v) is 0.912. The van der Waals surface area contributed by atoms with Crippen LogP contribution in [0.5, 0.6) is 0 Å². The molecule has 0 spiro atoms. The average molecular weight is 123 g/mol. The number of nitrogens with zero attached hydrogens (tertiary/aromatic N) is 2. The zero-order valence-electron chi connectivity index (χ0n) is 4.95. The maximum atomic E-state index is 5.05. The highest BCUT2D eigenvalue weighted by atomic mass is 16.5. The Bertz CT molecular complexity index is 186. The summed E-state index contributed by atoms with van der Waals surface area (Å²) < 4.78 is 7.10. The van der Waals surface area contributed by atoms with Gasteiger partial charge >= 0.3 is 0 Å². The molecule has 0 atom stereocenters. The molecule has 1 aromatic rings. The smallest absolute Gasteiger partial charge is 0.149 e. The van der Waals surface area contributed by atoms with Gasteiger partial charge in [-0.15, -0.1) is 0 Å². The Labute approximate surface area is 53.3 Å². The fraction of sp³-hybridized carbons (Fsp3) is 0.333. The summed E-state index contributed by atoms with van der Waals surface area (Å²) in [4.78, 5) is 4.04. The molecule has 3 nitrogen and oxygen atoms in total. The lowest BCUT2D eigenvalue weighted by Gasteiger charge is -2.12. The minimum atomic E-state index is 0.767. The summed E-state index contributed by atoms with van der Waals surface area (Å²) in [6, 6.07) is 0. The SMILES string of the molecule is [CH]1OCCn2ccnc21. The molecule has 1 radical (unpaired) electrons. The standard InChI is InChI=1S/C6H7N2O/c1-2-8-3-4-9-5-6(8)7-1/h1-2,5H,3-4H2. The topological polar surface area (TPSA) is 27.1 Å². The molecule has 1 aliphatic heterocycles. The molecule has 0 saturated heterocycles. The van der Waals surface area contributed by atoms with Crippen LogP contribution in [-0.4, -0.2) is 16.2 Å². The van der Waals surface area contributed by atoms with Crippen LogP contribution in [0.1, 0.15) is 5.82 Å². The molecule has 0 aromatic carbocycles. The first-order valence-electron chi connectivity index (χ1n) is 2.93. The van der Waals surface area contributed by atoms with Crippen molar-refractivity contribution in [2.24, 2.45) is 0 Å². The van der Waals surface area contributed by atoms with Crippen LogP contribution in [0.2, 0.25) is 0 Å². The van der Waals surface area contributed by atoms with Gasteiger partial charge < -0.3 is 9.30 Å². The van der Waals surface area contributed by atoms with E-state index in [0.29, 0.717) is 0 Å². The highest BCUT2D eigenvalue weighted by molar-refractivity contribution is 5.01. The van der Waals surface area contributed by atoms with Crippen LogP contribution in [0.15, 0.2) is 12.4 Å². The molecule has 0 unspecified atom stereocenters. The molecule has 0 saturated carbocycles. The summed E-state index contributed by atoms with van der Waals surface area (Å²) in [5.74, 6) is 0.918. The van der Waals surface area contributed by atoms with E-state index < -0.39 is 0 Å². The van der Waals surface area contributed by atoms with Crippen molar-refractivity contribution in [3.8, 4) is 0 Å². The first-order chi connectivity index (χ1) is 4.47. The van der Waals surface area contributed by atoms with E-state index in [4.69, 9.17) is 4.74 Å². The first kappa shape index (κ1) is 4.99. The van der Waals surface area contributed by atoms with E-state index in [9.17, 15) is 0 Å². The van der Waals surface area contributed by atoms with Crippen molar-refractivity contribution < 1.29 is 4.74 Å². The number of ether oxygens (including phenoxy) is 1. The van der Waals surface area contributed by atoms with E-state index in [-0.39, 0.29) is 0 Å². The molecule has 0 aliphatic carbocycles. The molecule has 0 bridgehead atoms. The van der Waals surface area contributed by atoms with E-state index in [2.05, 4.69) is 9.55 Å². The molecule has 3 heteroatoms. The van der Waals surface area contributed by atoms with Gasteiger partial charge in [-0.1, -0.05) is 0 Å². The zero-order chi connectivity index (χ0) is 6.10. The van der Waals surface area contributed by atoms with Crippen molar-refractivity contribution in [2.75, 3.05) is 6.61 Å². The van der Waals surface area contributed by atoms with Gasteiger partial charge in [-0.05, 0) is 0 Å². The number of aromatic nitrogens is 2. The van der Waals surface area contributed by atoms with Gasteiger partial charge in [0.25, 0.3) is 0 Å². The van der Waals surface area contributed by atoms with Gasteiger partial charge in [0.2, 0.25) is 0 Å². The van der Waals surface area contributed by atoms with Gasteiger partial charge in [-0.3, -0.25) is 0 Å². The first-order valence-corrected chi connectivity index (χ1v) is 2.93. The fourth-order valence-electron chi connectivity index (χ4n) is 0.912. The largest absolute Gasteiger partial charge is 0.365 e. The number of fused-ring (bicyclic) bond motifs is 1. The molecule has 47 valence electrons. The number of hydrogen-bond donors (Lipinski definition) is 0. The zero-order valence-corrected chi connectivity index (χ0v) is 4.95. The van der Waals surface area contributed by atoms with Crippen LogP contribution >= 0.6 is 0 Å². The van der Waals surface area contributed by atoms with Crippen LogP contribution in [0, 0.1) is 6.61 Å². The maximum absolute atomic E-state index is 5.05. The van der Waals surface area contributed by atoms with Gasteiger partial charge in [-0.2, -0.15) is 0 Å². The molecular weight excluding hydrogens is 116 g/mol. The molecule has 1 aromatic heterocycles. The van der Waals surface area contributed by atoms with Crippen molar-refractivity contribution in [3.05, 3.63) is 24.8 Å². The predicted octanol–water partition coefficient (Wildman–Crippen LogP) is 0.423. The van der Waals surface area contributed by atoms with Crippen LogP contribution in [0.3, 0.4) is 0 Å². The summed E-state index contributed by atoms with van der Waals surface area (Å²) in [6.45, 7) is 3.37. The Kier molecular flexibility index (Phi) is 1.02. The molecule has 0 amide bonds. The van der Waals surface area contributed by atoms with E-state index in [1.54, 1.807) is 12.8 Å². The third kappa shape index (κ3) is 0.733. The highest BCUT2D eigenvalue weighted by Gasteiger charge is 2.07. The molecule has 1 aliphatic rings. The summed E-state index contributed by atoms with van der Waals surface area (Å²) >= 11 is 0. The number of rotatable bonds is 0. The molecule has 2 rings (SSSR count). The van der Waals surface area contributed by atoms with Crippen molar-refractivity contribution in [1.82, 2.24) is 9.55 Å². The van der Waals surface area contributed by atoms with Crippen LogP contribution in [-0.2, 0) is 11.3 Å². The molecule has 0 fully saturated rings. The second-order valence-corrected chi connectivity index (χ2v) is 1.97. The Hall–Kier alpha value is -0.830. The monoisotopic (exact) mass is 123 g/mol. The van der Waals surface area contributed by atoms with E-state index in [1.165, 1.54) is 0 Å². The minimum Gasteiger partial charge on any atom is -0.365 e. The Morgan fingerprint density at radius 1 is 1.67 bits per heavy atom. The predicted molar refractivity (Wildman–Crippen MR) is 31.6 cm³/mol. The van der Waals surface area contributed by atoms with Crippen molar-refractivity contribution in [3.63, 3.8) is 0 Å². The third-order valence-electron chi connectivity index (χ3n) is 1.39. The minimum absolute atomic E-state index is 0.767. The molecule has 2 heterocycles. The summed E-state index contributed by atoms with van der Waals surface area (Å²) in [5, 5.41) is 0. The lowest BCUT2D eigenvalue weighted by Crippen LogP contribution is -2.14. The average Bonchev–Trinajstić information content (AvgIpc) is 2.33. The summed E-state index contributed by atoms with van der Waals surface area (Å²) in [7, 11) is 0. The maximum Gasteiger partial charge on any atom is 0.149 e. The van der Waals surface area contributed by atoms with Crippen LogP contribution in [0.4, 0.5) is 0 Å². The molecule has 9 heavy (non-hydrogen) atoms. The second-order valence-electron chi connectivity index (χ2n) is 1.97. The normalized spacial score (nSPS) is 17.3. The van der Waals surface area contributed by atoms with Crippen molar-refractivity contribution in [2.45, 2.75) is 6.54 Å². The van der Waals surface area contributed by atoms with Gasteiger partial charge in [0.15, 0.2) is 0 Å². The van der Waals surface area contributed by atoms with Crippen LogP contribution < -0.4 is 0 Å². The van der Waals surface area contributed by atoms with Gasteiger partial charge in [-0.25, -0.2) is 4.98 Å². The second kappa shape index (κ2) is 1.84. The highest BCUT2D eigenvalue weighted by Crippen LogP contribution is 2.06. The number of imidazole rings is 1. The number of hydrogen-bond acceptors (Lipinski definition) is 2. The van der Waals surface area contributed by atoms with E-state index in [0.717, 1.165) is 19.0 Å². The summed E-state index contributed by atoms with van der Waals surface area (Å²) in [5.41, 5.74) is 0. The van der Waals surface area contributed by atoms with Crippen LogP contribution in [0.25, 0.3) is 0 Å². The van der Waals surface area contributed by atoms with Gasteiger partial charge in [0, 0.05) is 18.9 Å².